The molecule has 5 heteroatoms. The number of benzene rings is 6. The molecule has 0 aliphatic carbocycles. The molecule has 45 heavy (non-hydrogen) atoms. The zero-order valence-electron chi connectivity index (χ0n) is 24.2. The molecule has 0 bridgehead atoms. The Morgan fingerprint density at radius 1 is 0.533 bits per heavy atom. The van der Waals surface area contributed by atoms with E-state index in [1.54, 1.807) is 6.20 Å². The highest BCUT2D eigenvalue weighted by Crippen LogP contribution is 2.37. The van der Waals surface area contributed by atoms with Crippen LogP contribution in [0.2, 0.25) is 0 Å². The normalized spacial score (nSPS) is 14.9. The van der Waals surface area contributed by atoms with E-state index in [1.807, 2.05) is 30.5 Å². The fraction of sp³-hybridized carbons (Fsp3) is 0.0250. The van der Waals surface area contributed by atoms with Crippen LogP contribution in [0.25, 0.3) is 54.6 Å². The number of hydrogen-bond acceptors (Lipinski definition) is 5. The summed E-state index contributed by atoms with van der Waals surface area (Å²) < 4.78 is 6.45. The van der Waals surface area contributed by atoms with E-state index >= 15 is 0 Å². The standard InChI is InChI=1S/C40H26N4O/c1-2-10-27(11-3-1)38-42-39(31-17-15-26-9-5-7-13-29(26)21-31)44-40(43-38)33-22-32(30-16-14-25-8-4-6-12-28(25)20-30)23-36-37(33)34-24-41-19-18-35(34)45-36/h1-24,39H,(H,42,43,44). The Labute approximate surface area is 259 Å². The van der Waals surface area contributed by atoms with Crippen molar-refractivity contribution in [2.75, 3.05) is 0 Å². The maximum atomic E-state index is 6.45. The molecule has 9 rings (SSSR count). The molecule has 3 heterocycles. The molecule has 1 aliphatic heterocycles. The molecule has 0 fully saturated rings. The predicted octanol–water partition coefficient (Wildman–Crippen LogP) is 9.45. The largest absolute Gasteiger partial charge is 0.456 e. The van der Waals surface area contributed by atoms with Crippen LogP contribution in [0.1, 0.15) is 22.9 Å². The van der Waals surface area contributed by atoms with Gasteiger partial charge < -0.3 is 9.73 Å². The highest BCUT2D eigenvalue weighted by molar-refractivity contribution is 6.24. The maximum Gasteiger partial charge on any atom is 0.169 e. The molecule has 1 unspecified atom stereocenters. The Balaban J connectivity index is 1.28. The van der Waals surface area contributed by atoms with E-state index in [0.29, 0.717) is 0 Å². The third-order valence-electron chi connectivity index (χ3n) is 8.57. The van der Waals surface area contributed by atoms with Gasteiger partial charge in [0.15, 0.2) is 6.17 Å². The number of rotatable bonds is 4. The predicted molar refractivity (Wildman–Crippen MR) is 184 cm³/mol. The molecule has 1 N–H and O–H groups in total. The molecule has 0 saturated heterocycles. The van der Waals surface area contributed by atoms with Gasteiger partial charge in [0, 0.05) is 34.3 Å². The SMILES string of the molecule is c1ccc(C2=NC(c3ccc4ccccc4c3)N=C(c3cc(-c4ccc5ccccc5c4)cc4oc5ccncc5c34)N2)cc1. The van der Waals surface area contributed by atoms with Crippen molar-refractivity contribution in [1.29, 1.82) is 0 Å². The van der Waals surface area contributed by atoms with Gasteiger partial charge in [-0.25, -0.2) is 9.98 Å². The van der Waals surface area contributed by atoms with Crippen LogP contribution in [0.3, 0.4) is 0 Å². The number of nitrogens with zero attached hydrogens (tertiary/aromatic N) is 3. The lowest BCUT2D eigenvalue weighted by atomic mass is 9.96. The maximum absolute atomic E-state index is 6.45. The molecule has 8 aromatic rings. The molecule has 0 amide bonds. The highest BCUT2D eigenvalue weighted by atomic mass is 16.3. The highest BCUT2D eigenvalue weighted by Gasteiger charge is 2.24. The van der Waals surface area contributed by atoms with E-state index in [-0.39, 0.29) is 0 Å². The van der Waals surface area contributed by atoms with E-state index in [4.69, 9.17) is 14.4 Å². The zero-order valence-corrected chi connectivity index (χ0v) is 24.2. The average molecular weight is 579 g/mol. The zero-order chi connectivity index (χ0) is 29.7. The average Bonchev–Trinajstić information content (AvgIpc) is 3.49. The quantitative estimate of drug-likeness (QED) is 0.226. The smallest absolute Gasteiger partial charge is 0.169 e. The number of fused-ring (bicyclic) bond motifs is 5. The molecule has 1 atom stereocenters. The minimum atomic E-state index is -0.434. The van der Waals surface area contributed by atoms with Crippen LogP contribution in [-0.4, -0.2) is 16.7 Å². The van der Waals surface area contributed by atoms with Crippen LogP contribution >= 0.6 is 0 Å². The molecule has 212 valence electrons. The second-order valence-electron chi connectivity index (χ2n) is 11.4. The number of amidine groups is 2. The summed E-state index contributed by atoms with van der Waals surface area (Å²) in [6.45, 7) is 0. The Bertz CT molecular complexity index is 2470. The Morgan fingerprint density at radius 2 is 1.24 bits per heavy atom. The molecule has 6 aromatic carbocycles. The van der Waals surface area contributed by atoms with Gasteiger partial charge in [-0.3, -0.25) is 4.98 Å². The van der Waals surface area contributed by atoms with Crippen molar-refractivity contribution in [2.24, 2.45) is 9.98 Å². The van der Waals surface area contributed by atoms with Crippen molar-refractivity contribution >= 4 is 55.2 Å². The Morgan fingerprint density at radius 3 is 2.07 bits per heavy atom. The van der Waals surface area contributed by atoms with Crippen LogP contribution in [0.5, 0.6) is 0 Å². The van der Waals surface area contributed by atoms with E-state index < -0.39 is 6.17 Å². The van der Waals surface area contributed by atoms with Gasteiger partial charge in [-0.2, -0.15) is 0 Å². The number of nitrogens with one attached hydrogen (secondary N) is 1. The summed E-state index contributed by atoms with van der Waals surface area (Å²) in [4.78, 5) is 14.9. The van der Waals surface area contributed by atoms with Crippen molar-refractivity contribution < 1.29 is 4.42 Å². The monoisotopic (exact) mass is 578 g/mol. The lowest BCUT2D eigenvalue weighted by molar-refractivity contribution is 0.668. The lowest BCUT2D eigenvalue weighted by Gasteiger charge is -2.23. The van der Waals surface area contributed by atoms with Crippen molar-refractivity contribution in [2.45, 2.75) is 6.17 Å². The van der Waals surface area contributed by atoms with E-state index in [9.17, 15) is 0 Å². The lowest BCUT2D eigenvalue weighted by Crippen LogP contribution is -2.36. The van der Waals surface area contributed by atoms with Crippen LogP contribution < -0.4 is 5.32 Å². The van der Waals surface area contributed by atoms with Gasteiger partial charge in [-0.1, -0.05) is 103 Å². The fourth-order valence-corrected chi connectivity index (χ4v) is 6.32. The Hall–Kier alpha value is -6.07. The number of furan rings is 1. The van der Waals surface area contributed by atoms with E-state index in [2.05, 4.69) is 119 Å². The van der Waals surface area contributed by atoms with Crippen molar-refractivity contribution in [3.05, 3.63) is 163 Å². The van der Waals surface area contributed by atoms with Crippen LogP contribution in [0, 0.1) is 0 Å². The third kappa shape index (κ3) is 4.45. The summed E-state index contributed by atoms with van der Waals surface area (Å²) in [6.07, 6.45) is 3.20. The van der Waals surface area contributed by atoms with Crippen LogP contribution in [-0.2, 0) is 0 Å². The fourth-order valence-electron chi connectivity index (χ4n) is 6.32. The van der Waals surface area contributed by atoms with Crippen molar-refractivity contribution in [3.63, 3.8) is 0 Å². The van der Waals surface area contributed by atoms with Crippen molar-refractivity contribution in [1.82, 2.24) is 10.3 Å². The second kappa shape index (κ2) is 10.3. The first-order valence-corrected chi connectivity index (χ1v) is 15.0. The molecule has 0 saturated carbocycles. The number of hydrogen-bond donors (Lipinski definition) is 1. The summed E-state index contributed by atoms with van der Waals surface area (Å²) >= 11 is 0. The van der Waals surface area contributed by atoms with Gasteiger partial charge in [0.2, 0.25) is 0 Å². The van der Waals surface area contributed by atoms with Crippen LogP contribution in [0.4, 0.5) is 0 Å². The van der Waals surface area contributed by atoms with Gasteiger partial charge >= 0.3 is 0 Å². The summed E-state index contributed by atoms with van der Waals surface area (Å²) in [5.41, 5.74) is 6.70. The first kappa shape index (κ1) is 25.4. The number of pyridine rings is 1. The molecule has 1 aliphatic rings. The summed E-state index contributed by atoms with van der Waals surface area (Å²) in [5.74, 6) is 1.51. The van der Waals surface area contributed by atoms with Gasteiger partial charge in [0.25, 0.3) is 0 Å². The van der Waals surface area contributed by atoms with E-state index in [1.165, 1.54) is 16.2 Å². The molecular formula is C40H26N4O. The molecule has 5 nitrogen and oxygen atoms in total. The van der Waals surface area contributed by atoms with Gasteiger partial charge in [0.05, 0.1) is 0 Å². The summed E-state index contributed by atoms with van der Waals surface area (Å²) in [5, 5.41) is 10.3. The van der Waals surface area contributed by atoms with Gasteiger partial charge in [-0.15, -0.1) is 0 Å². The van der Waals surface area contributed by atoms with Crippen molar-refractivity contribution in [3.8, 4) is 11.1 Å². The van der Waals surface area contributed by atoms with Gasteiger partial charge in [-0.05, 0) is 68.6 Å². The summed E-state index contributed by atoms with van der Waals surface area (Å²) in [6, 6.07) is 46.3. The molecular weight excluding hydrogens is 552 g/mol. The van der Waals surface area contributed by atoms with Gasteiger partial charge in [0.1, 0.15) is 22.8 Å². The third-order valence-corrected chi connectivity index (χ3v) is 8.57. The molecule has 2 aromatic heterocycles. The molecule has 0 spiro atoms. The topological polar surface area (TPSA) is 62.8 Å². The summed E-state index contributed by atoms with van der Waals surface area (Å²) in [7, 11) is 0. The molecule has 0 radical (unpaired) electrons. The second-order valence-corrected chi connectivity index (χ2v) is 11.4. The van der Waals surface area contributed by atoms with Crippen LogP contribution in [0.15, 0.2) is 160 Å². The number of aromatic nitrogens is 1. The first-order chi connectivity index (χ1) is 22.3. The number of aliphatic imine (C=N–C) groups is 2. The van der Waals surface area contributed by atoms with E-state index in [0.717, 1.165) is 66.8 Å². The Kier molecular flexibility index (Phi) is 5.81. The minimum absolute atomic E-state index is 0.434. The minimum Gasteiger partial charge on any atom is -0.456 e. The first-order valence-electron chi connectivity index (χ1n) is 15.0.